The van der Waals surface area contributed by atoms with Crippen molar-refractivity contribution in [3.8, 4) is 0 Å². The van der Waals surface area contributed by atoms with E-state index in [1.54, 1.807) is 5.51 Å². The molecular formula is C12H11N3O4S. The Kier molecular flexibility index (Phi) is 4.26. The summed E-state index contributed by atoms with van der Waals surface area (Å²) >= 11 is 1.48. The molecule has 0 spiro atoms. The molecule has 104 valence electrons. The number of hydrogen-bond acceptors (Lipinski definition) is 7. The van der Waals surface area contributed by atoms with Crippen LogP contribution >= 0.6 is 11.3 Å². The van der Waals surface area contributed by atoms with E-state index < -0.39 is 10.9 Å². The van der Waals surface area contributed by atoms with Crippen LogP contribution in [0.2, 0.25) is 0 Å². The summed E-state index contributed by atoms with van der Waals surface area (Å²) in [7, 11) is 1.18. The van der Waals surface area contributed by atoms with Gasteiger partial charge in [-0.1, -0.05) is 0 Å². The summed E-state index contributed by atoms with van der Waals surface area (Å²) in [6, 6.07) is 4.21. The Balaban J connectivity index is 2.22. The average molecular weight is 293 g/mol. The lowest BCUT2D eigenvalue weighted by molar-refractivity contribution is -0.385. The van der Waals surface area contributed by atoms with E-state index in [9.17, 15) is 14.9 Å². The Morgan fingerprint density at radius 1 is 1.55 bits per heavy atom. The number of hydrogen-bond donors (Lipinski definition) is 1. The Labute approximate surface area is 118 Å². The zero-order valence-electron chi connectivity index (χ0n) is 10.5. The fraction of sp³-hybridized carbons (Fsp3) is 0.167. The highest BCUT2D eigenvalue weighted by Crippen LogP contribution is 2.23. The second-order valence-electron chi connectivity index (χ2n) is 3.81. The van der Waals surface area contributed by atoms with Gasteiger partial charge >= 0.3 is 5.97 Å². The smallest absolute Gasteiger partial charge is 0.344 e. The van der Waals surface area contributed by atoms with Crippen LogP contribution in [0.25, 0.3) is 0 Å². The number of rotatable bonds is 5. The van der Waals surface area contributed by atoms with Gasteiger partial charge in [-0.2, -0.15) is 0 Å². The maximum Gasteiger partial charge on any atom is 0.344 e. The van der Waals surface area contributed by atoms with Crippen molar-refractivity contribution in [1.29, 1.82) is 0 Å². The van der Waals surface area contributed by atoms with Gasteiger partial charge in [0, 0.05) is 17.1 Å². The second kappa shape index (κ2) is 6.11. The largest absolute Gasteiger partial charge is 0.465 e. The minimum Gasteiger partial charge on any atom is -0.465 e. The van der Waals surface area contributed by atoms with Gasteiger partial charge in [0.1, 0.15) is 5.56 Å². The number of methoxy groups -OCH3 is 1. The molecule has 0 unspecified atom stereocenters. The number of nitrogens with zero attached hydrogens (tertiary/aromatic N) is 2. The lowest BCUT2D eigenvalue weighted by atomic mass is 10.1. The van der Waals surface area contributed by atoms with Gasteiger partial charge in [-0.05, 0) is 12.1 Å². The van der Waals surface area contributed by atoms with Gasteiger partial charge in [0.15, 0.2) is 0 Å². The van der Waals surface area contributed by atoms with Crippen molar-refractivity contribution in [2.24, 2.45) is 0 Å². The molecule has 1 aromatic carbocycles. The van der Waals surface area contributed by atoms with E-state index in [1.165, 1.54) is 36.6 Å². The quantitative estimate of drug-likeness (QED) is 0.517. The summed E-state index contributed by atoms with van der Waals surface area (Å²) < 4.78 is 4.55. The standard InChI is InChI=1S/C12H11N3O4S/c1-19-12(16)10-4-8(2-3-11(10)15(17)18)13-5-9-6-20-7-14-9/h2-4,6-7,13H,5H2,1H3. The fourth-order valence-corrected chi connectivity index (χ4v) is 2.15. The van der Waals surface area contributed by atoms with Crippen LogP contribution in [0.5, 0.6) is 0 Å². The Hall–Kier alpha value is -2.48. The molecule has 2 aromatic rings. The molecule has 0 atom stereocenters. The van der Waals surface area contributed by atoms with Crippen molar-refractivity contribution in [1.82, 2.24) is 4.98 Å². The molecule has 1 heterocycles. The van der Waals surface area contributed by atoms with E-state index in [0.717, 1.165) is 5.69 Å². The molecule has 0 radical (unpaired) electrons. The molecule has 0 bridgehead atoms. The minimum atomic E-state index is -0.742. The predicted molar refractivity (Wildman–Crippen MR) is 73.9 cm³/mol. The number of esters is 1. The van der Waals surface area contributed by atoms with E-state index >= 15 is 0 Å². The van der Waals surface area contributed by atoms with Crippen LogP contribution < -0.4 is 5.32 Å². The fourth-order valence-electron chi connectivity index (χ4n) is 1.60. The molecule has 2 rings (SSSR count). The summed E-state index contributed by atoms with van der Waals surface area (Å²) in [4.78, 5) is 25.9. The van der Waals surface area contributed by atoms with E-state index in [0.29, 0.717) is 12.2 Å². The van der Waals surface area contributed by atoms with Crippen molar-refractivity contribution in [3.63, 3.8) is 0 Å². The Morgan fingerprint density at radius 3 is 2.95 bits per heavy atom. The van der Waals surface area contributed by atoms with Gasteiger partial charge < -0.3 is 10.1 Å². The molecule has 20 heavy (non-hydrogen) atoms. The molecule has 0 aliphatic heterocycles. The number of anilines is 1. The molecule has 1 aromatic heterocycles. The lowest BCUT2D eigenvalue weighted by Crippen LogP contribution is -2.07. The summed E-state index contributed by atoms with van der Waals surface area (Å²) in [5, 5.41) is 15.8. The molecule has 0 saturated heterocycles. The molecular weight excluding hydrogens is 282 g/mol. The van der Waals surface area contributed by atoms with Gasteiger partial charge in [-0.3, -0.25) is 10.1 Å². The first-order chi connectivity index (χ1) is 9.61. The number of nitro benzene ring substituents is 1. The van der Waals surface area contributed by atoms with Crippen LogP contribution in [0.3, 0.4) is 0 Å². The van der Waals surface area contributed by atoms with Crippen molar-refractivity contribution in [2.75, 3.05) is 12.4 Å². The number of carbonyl (C=O) groups excluding carboxylic acids is 1. The molecule has 1 N–H and O–H groups in total. The summed E-state index contributed by atoms with van der Waals surface area (Å²) in [6.07, 6.45) is 0. The van der Waals surface area contributed by atoms with Gasteiger partial charge in [0.25, 0.3) is 5.69 Å². The van der Waals surface area contributed by atoms with Gasteiger partial charge in [0.05, 0.1) is 29.8 Å². The number of carbonyl (C=O) groups is 1. The number of benzene rings is 1. The monoisotopic (exact) mass is 293 g/mol. The first kappa shape index (κ1) is 13.9. The number of nitrogens with one attached hydrogen (secondary N) is 1. The highest BCUT2D eigenvalue weighted by atomic mass is 32.1. The highest BCUT2D eigenvalue weighted by molar-refractivity contribution is 7.07. The lowest BCUT2D eigenvalue weighted by Gasteiger charge is -2.07. The SMILES string of the molecule is COC(=O)c1cc(NCc2cscn2)ccc1[N+](=O)[O-]. The summed E-state index contributed by atoms with van der Waals surface area (Å²) in [6.45, 7) is 0.474. The maximum atomic E-state index is 11.6. The van der Waals surface area contributed by atoms with E-state index in [2.05, 4.69) is 15.0 Å². The zero-order chi connectivity index (χ0) is 14.5. The number of nitro groups is 1. The molecule has 7 nitrogen and oxygen atoms in total. The molecule has 0 amide bonds. The van der Waals surface area contributed by atoms with Gasteiger partial charge in [-0.25, -0.2) is 9.78 Å². The summed E-state index contributed by atoms with van der Waals surface area (Å²) in [5.74, 6) is -0.742. The topological polar surface area (TPSA) is 94.4 Å². The summed E-state index contributed by atoms with van der Waals surface area (Å²) in [5.41, 5.74) is 2.79. The van der Waals surface area contributed by atoms with Crippen LogP contribution in [0.15, 0.2) is 29.1 Å². The highest BCUT2D eigenvalue weighted by Gasteiger charge is 2.21. The second-order valence-corrected chi connectivity index (χ2v) is 4.53. The normalized spacial score (nSPS) is 10.1. The molecule has 0 aliphatic rings. The third kappa shape index (κ3) is 3.09. The molecule has 8 heteroatoms. The van der Waals surface area contributed by atoms with Crippen LogP contribution in [0.4, 0.5) is 11.4 Å². The molecule has 0 saturated carbocycles. The van der Waals surface area contributed by atoms with Crippen LogP contribution in [-0.2, 0) is 11.3 Å². The van der Waals surface area contributed by atoms with E-state index in [1.807, 2.05) is 5.38 Å². The van der Waals surface area contributed by atoms with E-state index in [4.69, 9.17) is 0 Å². The zero-order valence-corrected chi connectivity index (χ0v) is 11.3. The third-order valence-corrected chi connectivity index (χ3v) is 3.19. The van der Waals surface area contributed by atoms with Gasteiger partial charge in [-0.15, -0.1) is 11.3 Å². The first-order valence-corrected chi connectivity index (χ1v) is 6.54. The Bertz CT molecular complexity index is 628. The van der Waals surface area contributed by atoms with Gasteiger partial charge in [0.2, 0.25) is 0 Å². The number of aromatic nitrogens is 1. The molecule has 0 fully saturated rings. The van der Waals surface area contributed by atoms with Crippen LogP contribution in [0, 0.1) is 10.1 Å². The number of ether oxygens (including phenoxy) is 1. The average Bonchev–Trinajstić information content (AvgIpc) is 2.97. The predicted octanol–water partition coefficient (Wildman–Crippen LogP) is 2.45. The Morgan fingerprint density at radius 2 is 2.35 bits per heavy atom. The third-order valence-electron chi connectivity index (χ3n) is 2.56. The van der Waals surface area contributed by atoms with E-state index in [-0.39, 0.29) is 11.3 Å². The van der Waals surface area contributed by atoms with Crippen molar-refractivity contribution in [3.05, 3.63) is 50.5 Å². The maximum absolute atomic E-state index is 11.6. The van der Waals surface area contributed by atoms with Crippen molar-refractivity contribution >= 4 is 28.7 Å². The number of thiazole rings is 1. The first-order valence-electron chi connectivity index (χ1n) is 5.59. The van der Waals surface area contributed by atoms with Crippen LogP contribution in [-0.4, -0.2) is 23.0 Å². The van der Waals surface area contributed by atoms with Crippen LogP contribution in [0.1, 0.15) is 16.1 Å². The molecule has 0 aliphatic carbocycles. The minimum absolute atomic E-state index is 0.0826. The van der Waals surface area contributed by atoms with Crippen molar-refractivity contribution in [2.45, 2.75) is 6.54 Å². The van der Waals surface area contributed by atoms with Crippen molar-refractivity contribution < 1.29 is 14.5 Å².